The zero-order valence-electron chi connectivity index (χ0n) is 31.1. The number of rotatable bonds is 29. The molecule has 1 rings (SSSR count). The lowest BCUT2D eigenvalue weighted by atomic mass is 9.99. The average Bonchev–Trinajstić information content (AvgIpc) is 3.17. The molecule has 55 heavy (non-hydrogen) atoms. The number of ether oxygens (including phenoxy) is 9. The van der Waals surface area contributed by atoms with Crippen LogP contribution in [0.1, 0.15) is 77.0 Å². The van der Waals surface area contributed by atoms with Gasteiger partial charge < -0.3 is 42.6 Å². The van der Waals surface area contributed by atoms with Gasteiger partial charge in [0.2, 0.25) is 0 Å². The van der Waals surface area contributed by atoms with Crippen LogP contribution in [0.15, 0.2) is 50.6 Å². The van der Waals surface area contributed by atoms with Crippen molar-refractivity contribution in [2.45, 2.75) is 101 Å². The first-order valence-electron chi connectivity index (χ1n) is 18.0. The third-order valence-electron chi connectivity index (χ3n) is 7.50. The molecule has 306 valence electrons. The Morgan fingerprint density at radius 2 is 0.800 bits per heavy atom. The van der Waals surface area contributed by atoms with E-state index in [0.29, 0.717) is 32.1 Å². The molecule has 1 aliphatic rings. The van der Waals surface area contributed by atoms with Crippen LogP contribution in [-0.4, -0.2) is 112 Å². The molecule has 1 saturated heterocycles. The van der Waals surface area contributed by atoms with Crippen molar-refractivity contribution in [1.29, 1.82) is 0 Å². The molecule has 0 saturated carbocycles. The van der Waals surface area contributed by atoms with Gasteiger partial charge in [0.15, 0.2) is 18.3 Å². The first kappa shape index (κ1) is 47.7. The molecule has 0 aromatic carbocycles. The highest BCUT2D eigenvalue weighted by Crippen LogP contribution is 2.26. The van der Waals surface area contributed by atoms with E-state index in [4.69, 9.17) is 42.6 Å². The number of esters is 8. The molecule has 0 aromatic heterocycles. The van der Waals surface area contributed by atoms with Gasteiger partial charge in [-0.05, 0) is 51.4 Å². The molecule has 2 unspecified atom stereocenters. The summed E-state index contributed by atoms with van der Waals surface area (Å²) in [6.07, 6.45) is 0.925. The van der Waals surface area contributed by atoms with Gasteiger partial charge in [-0.2, -0.15) is 0 Å². The van der Waals surface area contributed by atoms with Crippen molar-refractivity contribution in [2.24, 2.45) is 0 Å². The molecule has 0 spiro atoms. The zero-order valence-corrected chi connectivity index (χ0v) is 31.1. The second-order valence-electron chi connectivity index (χ2n) is 11.8. The van der Waals surface area contributed by atoms with E-state index in [9.17, 15) is 38.4 Å². The summed E-state index contributed by atoms with van der Waals surface area (Å²) in [5.41, 5.74) is 0. The normalized spacial score (nSPS) is 17.2. The van der Waals surface area contributed by atoms with Gasteiger partial charge in [0, 0.05) is 50.0 Å². The highest BCUT2D eigenvalue weighted by atomic mass is 16.7. The Bertz CT molecular complexity index is 1320. The molecular weight excluding hydrogens is 728 g/mol. The van der Waals surface area contributed by atoms with E-state index in [0.717, 1.165) is 24.3 Å². The maximum atomic E-state index is 13.1. The SMILES string of the molecule is C=CC(=O)OCCCCC(=O)OCC1OC[C@@H](OC(=O)CCCCOC(=O)C=C)C(OC(=O)CCCCOC(=O)C=C)[C@H]1OC(=O)CCCCOC(=O)C=C. The smallest absolute Gasteiger partial charge is 0.330 e. The molecule has 0 aromatic rings. The maximum absolute atomic E-state index is 13.1. The molecule has 0 N–H and O–H groups in total. The summed E-state index contributed by atoms with van der Waals surface area (Å²) in [6.45, 7) is 12.7. The summed E-state index contributed by atoms with van der Waals surface area (Å²) in [7, 11) is 0. The summed E-state index contributed by atoms with van der Waals surface area (Å²) >= 11 is 0. The molecular formula is C38H52O17. The van der Waals surface area contributed by atoms with Crippen LogP contribution in [-0.2, 0) is 81.0 Å². The van der Waals surface area contributed by atoms with Gasteiger partial charge in [0.25, 0.3) is 0 Å². The van der Waals surface area contributed by atoms with E-state index >= 15 is 0 Å². The molecule has 17 heteroatoms. The third-order valence-corrected chi connectivity index (χ3v) is 7.50. The van der Waals surface area contributed by atoms with Crippen LogP contribution in [0.3, 0.4) is 0 Å². The summed E-state index contributed by atoms with van der Waals surface area (Å²) in [5.74, 6) is -5.25. The molecule has 17 nitrogen and oxygen atoms in total. The number of unbranched alkanes of at least 4 members (excludes halogenated alkanes) is 4. The fraction of sp³-hybridized carbons (Fsp3) is 0.579. The molecule has 1 aliphatic heterocycles. The van der Waals surface area contributed by atoms with E-state index in [1.165, 1.54) is 0 Å². The van der Waals surface area contributed by atoms with Gasteiger partial charge in [0.05, 0.1) is 33.0 Å². The molecule has 0 bridgehead atoms. The van der Waals surface area contributed by atoms with Gasteiger partial charge in [-0.3, -0.25) is 19.2 Å². The molecule has 0 aliphatic carbocycles. The Kier molecular flexibility index (Phi) is 25.2. The van der Waals surface area contributed by atoms with E-state index in [1.807, 2.05) is 0 Å². The summed E-state index contributed by atoms with van der Waals surface area (Å²) in [4.78, 5) is 96.7. The Morgan fingerprint density at radius 1 is 0.455 bits per heavy atom. The minimum absolute atomic E-state index is 0.0294. The van der Waals surface area contributed by atoms with Crippen LogP contribution in [0.2, 0.25) is 0 Å². The van der Waals surface area contributed by atoms with Crippen molar-refractivity contribution in [1.82, 2.24) is 0 Å². The van der Waals surface area contributed by atoms with E-state index in [1.54, 1.807) is 0 Å². The predicted molar refractivity (Wildman–Crippen MR) is 190 cm³/mol. The summed E-state index contributed by atoms with van der Waals surface area (Å²) < 4.78 is 48.1. The molecule has 0 amide bonds. The third kappa shape index (κ3) is 22.5. The first-order valence-corrected chi connectivity index (χ1v) is 18.0. The van der Waals surface area contributed by atoms with Crippen molar-refractivity contribution in [2.75, 3.05) is 39.6 Å². The van der Waals surface area contributed by atoms with Gasteiger partial charge in [-0.1, -0.05) is 26.3 Å². The van der Waals surface area contributed by atoms with Crippen molar-refractivity contribution in [3.8, 4) is 0 Å². The van der Waals surface area contributed by atoms with Crippen LogP contribution in [0.5, 0.6) is 0 Å². The lowest BCUT2D eigenvalue weighted by molar-refractivity contribution is -0.233. The first-order chi connectivity index (χ1) is 26.4. The molecule has 1 fully saturated rings. The Hall–Kier alpha value is -5.32. The fourth-order valence-electron chi connectivity index (χ4n) is 4.67. The summed E-state index contributed by atoms with van der Waals surface area (Å²) in [5, 5.41) is 0. The quantitative estimate of drug-likeness (QED) is 0.0460. The van der Waals surface area contributed by atoms with Crippen LogP contribution < -0.4 is 0 Å². The van der Waals surface area contributed by atoms with Gasteiger partial charge in [-0.25, -0.2) is 19.2 Å². The Morgan fingerprint density at radius 3 is 1.18 bits per heavy atom. The predicted octanol–water partition coefficient (Wildman–Crippen LogP) is 3.26. The highest BCUT2D eigenvalue weighted by Gasteiger charge is 2.48. The van der Waals surface area contributed by atoms with E-state index in [2.05, 4.69) is 26.3 Å². The number of hydrogen-bond acceptors (Lipinski definition) is 17. The highest BCUT2D eigenvalue weighted by molar-refractivity contribution is 5.82. The van der Waals surface area contributed by atoms with Crippen LogP contribution in [0, 0.1) is 0 Å². The lowest BCUT2D eigenvalue weighted by Crippen LogP contribution is -2.59. The molecule has 0 radical (unpaired) electrons. The Balaban J connectivity index is 3.09. The number of carbonyl (C=O) groups is 8. The van der Waals surface area contributed by atoms with E-state index < -0.39 is 78.8 Å². The summed E-state index contributed by atoms with van der Waals surface area (Å²) in [6, 6.07) is 0. The van der Waals surface area contributed by atoms with Crippen molar-refractivity contribution in [3.63, 3.8) is 0 Å². The minimum Gasteiger partial charge on any atom is -0.463 e. The monoisotopic (exact) mass is 780 g/mol. The fourth-order valence-corrected chi connectivity index (χ4v) is 4.67. The van der Waals surface area contributed by atoms with Crippen molar-refractivity contribution in [3.05, 3.63) is 50.6 Å². The van der Waals surface area contributed by atoms with Gasteiger partial charge in [-0.15, -0.1) is 0 Å². The lowest BCUT2D eigenvalue weighted by Gasteiger charge is -2.40. The standard InChI is InChI=1S/C38H52O17/c1-5-29(39)47-21-13-9-17-33(43)52-25-27-37(54-35(45)19-11-15-23-49-31(41)7-3)38(55-36(46)20-12-16-24-50-32(42)8-4)28(26-51-27)53-34(44)18-10-14-22-48-30(40)6-2/h5-8,27-28,37-38H,1-4,9-26H2/t27?,28-,37+,38?/m1/s1. The average molecular weight is 781 g/mol. The minimum atomic E-state index is -1.40. The van der Waals surface area contributed by atoms with Crippen LogP contribution in [0.4, 0.5) is 0 Å². The maximum Gasteiger partial charge on any atom is 0.330 e. The van der Waals surface area contributed by atoms with Gasteiger partial charge >= 0.3 is 47.8 Å². The largest absolute Gasteiger partial charge is 0.463 e. The van der Waals surface area contributed by atoms with Gasteiger partial charge in [0.1, 0.15) is 12.7 Å². The topological polar surface area (TPSA) is 220 Å². The van der Waals surface area contributed by atoms with Crippen molar-refractivity contribution < 1.29 is 81.0 Å². The number of hydrogen-bond donors (Lipinski definition) is 0. The van der Waals surface area contributed by atoms with Crippen LogP contribution >= 0.6 is 0 Å². The zero-order chi connectivity index (χ0) is 40.8. The Labute approximate surface area is 320 Å². The molecule has 4 atom stereocenters. The molecule has 1 heterocycles. The van der Waals surface area contributed by atoms with Crippen molar-refractivity contribution >= 4 is 47.8 Å². The second-order valence-corrected chi connectivity index (χ2v) is 11.8. The second kappa shape index (κ2) is 29.1. The van der Waals surface area contributed by atoms with Crippen LogP contribution in [0.25, 0.3) is 0 Å². The van der Waals surface area contributed by atoms with E-state index in [-0.39, 0.29) is 78.0 Å². The number of carbonyl (C=O) groups excluding carboxylic acids is 8.